The highest BCUT2D eigenvalue weighted by Crippen LogP contribution is 2.02. The molecular weight excluding hydrogens is 256 g/mol. The predicted octanol–water partition coefficient (Wildman–Crippen LogP) is 0.279. The Labute approximate surface area is 107 Å². The normalized spacial score (nSPS) is 9.95. The number of ketones is 1. The minimum atomic E-state index is -0.885. The smallest absolute Gasteiger partial charge is 0.334 e. The van der Waals surface area contributed by atoms with Gasteiger partial charge < -0.3 is 9.30 Å². The van der Waals surface area contributed by atoms with Gasteiger partial charge in [0, 0.05) is 12.3 Å². The van der Waals surface area contributed by atoms with Crippen molar-refractivity contribution in [2.45, 2.75) is 19.9 Å². The van der Waals surface area contributed by atoms with Gasteiger partial charge in [0.2, 0.25) is 0 Å². The van der Waals surface area contributed by atoms with Crippen LogP contribution in [0.15, 0.2) is 23.1 Å². The molecule has 0 aliphatic heterocycles. The molecule has 0 radical (unpaired) electrons. The molecule has 1 rings (SSSR count). The summed E-state index contributed by atoms with van der Waals surface area (Å²) in [4.78, 5) is 43.9. The van der Waals surface area contributed by atoms with Crippen molar-refractivity contribution < 1.29 is 19.2 Å². The molecular formula is C11H12N2O6. The lowest BCUT2D eigenvalue weighted by molar-refractivity contribution is -0.386. The van der Waals surface area contributed by atoms with Crippen molar-refractivity contribution in [2.75, 3.05) is 6.61 Å². The number of ether oxygens (including phenoxy) is 1. The van der Waals surface area contributed by atoms with E-state index in [4.69, 9.17) is 0 Å². The second-order valence-electron chi connectivity index (χ2n) is 3.60. The van der Waals surface area contributed by atoms with Gasteiger partial charge in [-0.2, -0.15) is 0 Å². The lowest BCUT2D eigenvalue weighted by atomic mass is 10.2. The average Bonchev–Trinajstić information content (AvgIpc) is 2.31. The van der Waals surface area contributed by atoms with Gasteiger partial charge in [0.1, 0.15) is 6.42 Å². The molecule has 0 amide bonds. The Kier molecular flexibility index (Phi) is 4.92. The quantitative estimate of drug-likeness (QED) is 0.317. The van der Waals surface area contributed by atoms with Crippen molar-refractivity contribution in [2.24, 2.45) is 0 Å². The molecule has 0 saturated heterocycles. The Balaban J connectivity index is 2.81. The summed E-state index contributed by atoms with van der Waals surface area (Å²) in [6.07, 6.45) is 0.779. The first-order chi connectivity index (χ1) is 8.95. The van der Waals surface area contributed by atoms with E-state index in [0.717, 1.165) is 10.6 Å². The number of Topliss-reactive ketones (excluding diaryl/α,β-unsaturated/α-hetero) is 1. The number of aromatic nitrogens is 1. The molecule has 102 valence electrons. The number of nitrogens with zero attached hydrogens (tertiary/aromatic N) is 2. The van der Waals surface area contributed by atoms with Gasteiger partial charge in [0.05, 0.1) is 18.1 Å². The molecule has 1 aromatic heterocycles. The summed E-state index contributed by atoms with van der Waals surface area (Å²) in [5.74, 6) is -1.24. The fraction of sp³-hybridized carbons (Fsp3) is 0.364. The van der Waals surface area contributed by atoms with Crippen LogP contribution in [0.5, 0.6) is 0 Å². The molecule has 0 aliphatic carbocycles. The van der Waals surface area contributed by atoms with E-state index in [1.54, 1.807) is 6.92 Å². The number of carbonyl (C=O) groups excluding carboxylic acids is 2. The van der Waals surface area contributed by atoms with Crippen molar-refractivity contribution >= 4 is 17.4 Å². The predicted molar refractivity (Wildman–Crippen MR) is 63.6 cm³/mol. The summed E-state index contributed by atoms with van der Waals surface area (Å²) in [6.45, 7) is 1.36. The summed E-state index contributed by atoms with van der Waals surface area (Å²) in [5.41, 5.74) is -1.50. The van der Waals surface area contributed by atoms with Crippen LogP contribution < -0.4 is 5.56 Å². The van der Waals surface area contributed by atoms with Gasteiger partial charge in [-0.15, -0.1) is 0 Å². The second-order valence-corrected chi connectivity index (χ2v) is 3.60. The van der Waals surface area contributed by atoms with Crippen molar-refractivity contribution in [3.8, 4) is 0 Å². The first-order valence-corrected chi connectivity index (χ1v) is 5.47. The molecule has 0 bridgehead atoms. The van der Waals surface area contributed by atoms with Crippen molar-refractivity contribution in [3.05, 3.63) is 38.8 Å². The van der Waals surface area contributed by atoms with Crippen LogP contribution in [0.1, 0.15) is 13.3 Å². The number of pyridine rings is 1. The SMILES string of the molecule is CCOC(=O)CC(=O)Cn1cccc([N+](=O)[O-])c1=O. The Hall–Kier alpha value is -2.51. The van der Waals surface area contributed by atoms with Crippen LogP contribution in [0.3, 0.4) is 0 Å². The van der Waals surface area contributed by atoms with E-state index in [1.165, 1.54) is 12.3 Å². The lowest BCUT2D eigenvalue weighted by Crippen LogP contribution is -2.26. The van der Waals surface area contributed by atoms with Crippen LogP contribution in [0.25, 0.3) is 0 Å². The molecule has 0 N–H and O–H groups in total. The zero-order chi connectivity index (χ0) is 14.4. The maximum Gasteiger partial charge on any atom is 0.334 e. The molecule has 0 atom stereocenters. The number of carbonyl (C=O) groups is 2. The average molecular weight is 268 g/mol. The largest absolute Gasteiger partial charge is 0.466 e. The molecule has 1 aromatic rings. The van der Waals surface area contributed by atoms with E-state index in [2.05, 4.69) is 4.74 Å². The fourth-order valence-corrected chi connectivity index (χ4v) is 1.41. The van der Waals surface area contributed by atoms with Crippen LogP contribution in [0, 0.1) is 10.1 Å². The molecule has 19 heavy (non-hydrogen) atoms. The third-order valence-corrected chi connectivity index (χ3v) is 2.19. The van der Waals surface area contributed by atoms with Crippen molar-refractivity contribution in [1.82, 2.24) is 4.57 Å². The van der Waals surface area contributed by atoms with Crippen LogP contribution >= 0.6 is 0 Å². The van der Waals surface area contributed by atoms with E-state index in [1.807, 2.05) is 0 Å². The number of nitro groups is 1. The van der Waals surface area contributed by atoms with Gasteiger partial charge in [-0.05, 0) is 13.0 Å². The monoisotopic (exact) mass is 268 g/mol. The maximum absolute atomic E-state index is 11.6. The highest BCUT2D eigenvalue weighted by Gasteiger charge is 2.16. The zero-order valence-corrected chi connectivity index (χ0v) is 10.2. The lowest BCUT2D eigenvalue weighted by Gasteiger charge is -2.04. The van der Waals surface area contributed by atoms with Gasteiger partial charge in [0.15, 0.2) is 5.78 Å². The zero-order valence-electron chi connectivity index (χ0n) is 10.2. The second kappa shape index (κ2) is 6.43. The molecule has 0 saturated carbocycles. The number of rotatable bonds is 6. The van der Waals surface area contributed by atoms with E-state index < -0.39 is 40.9 Å². The molecule has 1 heterocycles. The van der Waals surface area contributed by atoms with Crippen molar-refractivity contribution in [3.63, 3.8) is 0 Å². The highest BCUT2D eigenvalue weighted by atomic mass is 16.6. The minimum Gasteiger partial charge on any atom is -0.466 e. The van der Waals surface area contributed by atoms with Crippen molar-refractivity contribution in [1.29, 1.82) is 0 Å². The number of esters is 1. The molecule has 0 aromatic carbocycles. The standard InChI is InChI=1S/C11H12N2O6/c1-2-19-10(15)6-8(14)7-12-5-3-4-9(11(12)16)13(17)18/h3-5H,2,6-7H2,1H3. The topological polar surface area (TPSA) is 109 Å². The first-order valence-electron chi connectivity index (χ1n) is 5.47. The molecule has 0 unspecified atom stereocenters. The summed E-state index contributed by atoms with van der Waals surface area (Å²) < 4.78 is 5.48. The number of hydrogen-bond donors (Lipinski definition) is 0. The van der Waals surface area contributed by atoms with E-state index in [9.17, 15) is 24.5 Å². The third kappa shape index (κ3) is 4.02. The summed E-state index contributed by atoms with van der Waals surface area (Å²) in [6, 6.07) is 2.34. The summed E-state index contributed by atoms with van der Waals surface area (Å²) in [5, 5.41) is 10.6. The van der Waals surface area contributed by atoms with Crippen LogP contribution in [-0.4, -0.2) is 27.8 Å². The van der Waals surface area contributed by atoms with Gasteiger partial charge in [-0.3, -0.25) is 24.5 Å². The molecule has 0 aliphatic rings. The highest BCUT2D eigenvalue weighted by molar-refractivity contribution is 5.95. The van der Waals surface area contributed by atoms with Gasteiger partial charge in [0.25, 0.3) is 0 Å². The number of hydrogen-bond acceptors (Lipinski definition) is 6. The third-order valence-electron chi connectivity index (χ3n) is 2.19. The maximum atomic E-state index is 11.6. The van der Waals surface area contributed by atoms with Gasteiger partial charge in [-0.25, -0.2) is 0 Å². The molecule has 8 heteroatoms. The Bertz CT molecular complexity index is 563. The molecule has 0 fully saturated rings. The fourth-order valence-electron chi connectivity index (χ4n) is 1.41. The van der Waals surface area contributed by atoms with Crippen LogP contribution in [0.4, 0.5) is 5.69 Å². The van der Waals surface area contributed by atoms with Crippen LogP contribution in [-0.2, 0) is 20.9 Å². The van der Waals surface area contributed by atoms with Gasteiger partial charge in [-0.1, -0.05) is 0 Å². The minimum absolute atomic E-state index is 0.156. The van der Waals surface area contributed by atoms with E-state index in [0.29, 0.717) is 0 Å². The Morgan fingerprint density at radius 3 is 2.74 bits per heavy atom. The van der Waals surface area contributed by atoms with Crippen LogP contribution in [0.2, 0.25) is 0 Å². The first kappa shape index (κ1) is 14.6. The Morgan fingerprint density at radius 1 is 1.47 bits per heavy atom. The van der Waals surface area contributed by atoms with E-state index in [-0.39, 0.29) is 6.61 Å². The van der Waals surface area contributed by atoms with E-state index >= 15 is 0 Å². The Morgan fingerprint density at radius 2 is 2.16 bits per heavy atom. The molecule has 8 nitrogen and oxygen atoms in total. The van der Waals surface area contributed by atoms with Gasteiger partial charge >= 0.3 is 17.2 Å². The summed E-state index contributed by atoms with van der Waals surface area (Å²) in [7, 11) is 0. The molecule has 0 spiro atoms. The summed E-state index contributed by atoms with van der Waals surface area (Å²) >= 11 is 0.